The maximum Gasteiger partial charge on any atom is 0.329 e. The highest BCUT2D eigenvalue weighted by Gasteiger charge is 2.53. The lowest BCUT2D eigenvalue weighted by Gasteiger charge is -2.31. The first-order valence-corrected chi connectivity index (χ1v) is 6.17. The molecule has 1 saturated heterocycles. The van der Waals surface area contributed by atoms with Crippen LogP contribution in [0.3, 0.4) is 0 Å². The average Bonchev–Trinajstić information content (AvgIpc) is 2.92. The zero-order valence-electron chi connectivity index (χ0n) is 10.3. The van der Waals surface area contributed by atoms with Crippen molar-refractivity contribution in [3.05, 3.63) is 0 Å². The number of ether oxygens (including phenoxy) is 1. The SMILES string of the molecule is CCOC1CC1C(=O)N1CCCC1(C)C(=O)O. The van der Waals surface area contributed by atoms with Gasteiger partial charge in [-0.1, -0.05) is 0 Å². The third-order valence-electron chi connectivity index (χ3n) is 3.80. The number of carbonyl (C=O) groups excluding carboxylic acids is 1. The molecule has 0 bridgehead atoms. The van der Waals surface area contributed by atoms with Gasteiger partial charge in [-0.3, -0.25) is 4.79 Å². The van der Waals surface area contributed by atoms with Crippen molar-refractivity contribution in [3.63, 3.8) is 0 Å². The predicted octanol–water partition coefficient (Wildman–Crippen LogP) is 0.877. The molecule has 3 atom stereocenters. The van der Waals surface area contributed by atoms with Crippen LogP contribution in [0.4, 0.5) is 0 Å². The number of carbonyl (C=O) groups is 2. The Morgan fingerprint density at radius 2 is 2.24 bits per heavy atom. The second kappa shape index (κ2) is 4.29. The van der Waals surface area contributed by atoms with Crippen molar-refractivity contribution in [2.75, 3.05) is 13.2 Å². The van der Waals surface area contributed by atoms with E-state index in [1.807, 2.05) is 6.92 Å². The molecule has 17 heavy (non-hydrogen) atoms. The van der Waals surface area contributed by atoms with Gasteiger partial charge in [0, 0.05) is 13.2 Å². The van der Waals surface area contributed by atoms with Crippen molar-refractivity contribution in [3.8, 4) is 0 Å². The number of aliphatic carboxylic acids is 1. The van der Waals surface area contributed by atoms with Crippen LogP contribution in [0.5, 0.6) is 0 Å². The predicted molar refractivity (Wildman–Crippen MR) is 60.5 cm³/mol. The lowest BCUT2D eigenvalue weighted by molar-refractivity contribution is -0.156. The summed E-state index contributed by atoms with van der Waals surface area (Å²) in [4.78, 5) is 25.0. The van der Waals surface area contributed by atoms with Crippen molar-refractivity contribution in [2.45, 2.75) is 44.8 Å². The molecule has 1 aliphatic carbocycles. The van der Waals surface area contributed by atoms with Crippen LogP contribution in [0.2, 0.25) is 0 Å². The van der Waals surface area contributed by atoms with Gasteiger partial charge in [0.05, 0.1) is 12.0 Å². The fourth-order valence-electron chi connectivity index (χ4n) is 2.57. The van der Waals surface area contributed by atoms with Gasteiger partial charge in [0.25, 0.3) is 0 Å². The van der Waals surface area contributed by atoms with E-state index in [0.717, 1.165) is 12.8 Å². The molecule has 5 heteroatoms. The molecule has 0 aromatic carbocycles. The number of carboxylic acids is 1. The average molecular weight is 241 g/mol. The molecule has 1 N–H and O–H groups in total. The molecule has 5 nitrogen and oxygen atoms in total. The molecule has 2 aliphatic rings. The van der Waals surface area contributed by atoms with E-state index in [-0.39, 0.29) is 17.9 Å². The van der Waals surface area contributed by atoms with Gasteiger partial charge in [0.2, 0.25) is 5.91 Å². The van der Waals surface area contributed by atoms with Crippen molar-refractivity contribution in [1.82, 2.24) is 4.90 Å². The smallest absolute Gasteiger partial charge is 0.329 e. The Morgan fingerprint density at radius 1 is 1.53 bits per heavy atom. The number of amides is 1. The molecule has 96 valence electrons. The first kappa shape index (κ1) is 12.4. The van der Waals surface area contributed by atoms with Crippen molar-refractivity contribution in [2.24, 2.45) is 5.92 Å². The van der Waals surface area contributed by atoms with Crippen molar-refractivity contribution >= 4 is 11.9 Å². The lowest BCUT2D eigenvalue weighted by Crippen LogP contribution is -2.51. The second-order valence-corrected chi connectivity index (χ2v) is 5.01. The molecule has 2 fully saturated rings. The first-order chi connectivity index (χ1) is 8.00. The third kappa shape index (κ3) is 2.04. The van der Waals surface area contributed by atoms with Gasteiger partial charge in [0.15, 0.2) is 0 Å². The molecular weight excluding hydrogens is 222 g/mol. The van der Waals surface area contributed by atoms with E-state index in [1.165, 1.54) is 4.90 Å². The normalized spacial score (nSPS) is 36.0. The van der Waals surface area contributed by atoms with Gasteiger partial charge in [-0.25, -0.2) is 4.79 Å². The monoisotopic (exact) mass is 241 g/mol. The minimum absolute atomic E-state index is 0.00569. The Bertz CT molecular complexity index is 343. The largest absolute Gasteiger partial charge is 0.480 e. The van der Waals surface area contributed by atoms with Gasteiger partial charge in [0.1, 0.15) is 5.54 Å². The van der Waals surface area contributed by atoms with Gasteiger partial charge < -0.3 is 14.7 Å². The van der Waals surface area contributed by atoms with Gasteiger partial charge in [-0.2, -0.15) is 0 Å². The number of likely N-dealkylation sites (tertiary alicyclic amines) is 1. The molecule has 0 radical (unpaired) electrons. The Labute approximate surface area is 101 Å². The van der Waals surface area contributed by atoms with Gasteiger partial charge in [-0.15, -0.1) is 0 Å². The van der Waals surface area contributed by atoms with E-state index in [4.69, 9.17) is 4.74 Å². The zero-order chi connectivity index (χ0) is 12.6. The van der Waals surface area contributed by atoms with E-state index < -0.39 is 11.5 Å². The van der Waals surface area contributed by atoms with E-state index in [0.29, 0.717) is 19.6 Å². The van der Waals surface area contributed by atoms with Crippen LogP contribution in [-0.2, 0) is 14.3 Å². The summed E-state index contributed by atoms with van der Waals surface area (Å²) in [7, 11) is 0. The Balaban J connectivity index is 2.03. The fourth-order valence-corrected chi connectivity index (χ4v) is 2.57. The van der Waals surface area contributed by atoms with Crippen molar-refractivity contribution < 1.29 is 19.4 Å². The summed E-state index contributed by atoms with van der Waals surface area (Å²) < 4.78 is 5.38. The van der Waals surface area contributed by atoms with Crippen LogP contribution in [-0.4, -0.2) is 46.7 Å². The molecule has 0 spiro atoms. The molecule has 3 unspecified atom stereocenters. The summed E-state index contributed by atoms with van der Waals surface area (Å²) in [5.41, 5.74) is -1.02. The highest BCUT2D eigenvalue weighted by atomic mass is 16.5. The Kier molecular flexibility index (Phi) is 3.12. The molecule has 0 aromatic heterocycles. The number of hydrogen-bond acceptors (Lipinski definition) is 3. The topological polar surface area (TPSA) is 66.8 Å². The minimum atomic E-state index is -1.02. The maximum atomic E-state index is 12.2. The number of hydrogen-bond donors (Lipinski definition) is 1. The van der Waals surface area contributed by atoms with Crippen LogP contribution >= 0.6 is 0 Å². The van der Waals surface area contributed by atoms with E-state index in [2.05, 4.69) is 0 Å². The van der Waals surface area contributed by atoms with Gasteiger partial charge >= 0.3 is 5.97 Å². The minimum Gasteiger partial charge on any atom is -0.480 e. The fraction of sp³-hybridized carbons (Fsp3) is 0.833. The Morgan fingerprint density at radius 3 is 2.82 bits per heavy atom. The molecule has 1 amide bonds. The van der Waals surface area contributed by atoms with Crippen LogP contribution in [0.25, 0.3) is 0 Å². The highest BCUT2D eigenvalue weighted by molar-refractivity contribution is 5.90. The number of carboxylic acid groups (broad SMARTS) is 1. The van der Waals surface area contributed by atoms with Gasteiger partial charge in [-0.05, 0) is 33.1 Å². The lowest BCUT2D eigenvalue weighted by atomic mass is 9.99. The summed E-state index contributed by atoms with van der Waals surface area (Å²) in [6.07, 6.45) is 2.05. The molecule has 1 heterocycles. The summed E-state index contributed by atoms with van der Waals surface area (Å²) in [5.74, 6) is -1.07. The Hall–Kier alpha value is -1.10. The second-order valence-electron chi connectivity index (χ2n) is 5.01. The molecule has 2 rings (SSSR count). The molecular formula is C12H19NO4. The van der Waals surface area contributed by atoms with E-state index >= 15 is 0 Å². The molecule has 1 saturated carbocycles. The van der Waals surface area contributed by atoms with Crippen LogP contribution in [0, 0.1) is 5.92 Å². The zero-order valence-corrected chi connectivity index (χ0v) is 10.3. The van der Waals surface area contributed by atoms with E-state index in [1.54, 1.807) is 6.92 Å². The van der Waals surface area contributed by atoms with Crippen molar-refractivity contribution in [1.29, 1.82) is 0 Å². The van der Waals surface area contributed by atoms with Crippen LogP contribution in [0.15, 0.2) is 0 Å². The number of rotatable bonds is 4. The molecule has 0 aromatic rings. The standard InChI is InChI=1S/C12H19NO4/c1-3-17-9-7-8(9)10(14)13-6-4-5-12(13,2)11(15)16/h8-9H,3-7H2,1-2H3,(H,15,16). The summed E-state index contributed by atoms with van der Waals surface area (Å²) in [6.45, 7) is 4.69. The summed E-state index contributed by atoms with van der Waals surface area (Å²) in [5, 5.41) is 9.24. The first-order valence-electron chi connectivity index (χ1n) is 6.17. The third-order valence-corrected chi connectivity index (χ3v) is 3.80. The quantitative estimate of drug-likeness (QED) is 0.793. The number of nitrogens with zero attached hydrogens (tertiary/aromatic N) is 1. The maximum absolute atomic E-state index is 12.2. The highest BCUT2D eigenvalue weighted by Crippen LogP contribution is 2.39. The van der Waals surface area contributed by atoms with E-state index in [9.17, 15) is 14.7 Å². The van der Waals surface area contributed by atoms with Crippen LogP contribution < -0.4 is 0 Å². The summed E-state index contributed by atoms with van der Waals surface area (Å²) >= 11 is 0. The summed E-state index contributed by atoms with van der Waals surface area (Å²) in [6, 6.07) is 0. The molecule has 1 aliphatic heterocycles. The van der Waals surface area contributed by atoms with Crippen LogP contribution in [0.1, 0.15) is 33.1 Å².